The zero-order valence-corrected chi connectivity index (χ0v) is 16.2. The van der Waals surface area contributed by atoms with E-state index in [2.05, 4.69) is 0 Å². The number of benzene rings is 4. The molecule has 0 aromatic heterocycles. The quantitative estimate of drug-likeness (QED) is 0.311. The van der Waals surface area contributed by atoms with Gasteiger partial charge in [0.25, 0.3) is 0 Å². The third kappa shape index (κ3) is 2.43. The lowest BCUT2D eigenvalue weighted by Gasteiger charge is -2.55. The largest absolute Gasteiger partial charge is 0.446 e. The van der Waals surface area contributed by atoms with Crippen molar-refractivity contribution in [2.45, 2.75) is 23.6 Å². The van der Waals surface area contributed by atoms with Crippen LogP contribution in [0, 0.1) is 0 Å². The monoisotopic (exact) mass is 448 g/mol. The van der Waals surface area contributed by atoms with Crippen LogP contribution >= 0.6 is 0 Å². The second-order valence-corrected chi connectivity index (χ2v) is 7.50. The first-order valence-electron chi connectivity index (χ1n) is 9.59. The highest BCUT2D eigenvalue weighted by molar-refractivity contribution is 5.89. The van der Waals surface area contributed by atoms with Gasteiger partial charge in [-0.3, -0.25) is 0 Å². The molecule has 0 heterocycles. The highest BCUT2D eigenvalue weighted by atomic mass is 19.3. The van der Waals surface area contributed by atoms with E-state index in [0.29, 0.717) is 10.8 Å². The third-order valence-electron chi connectivity index (χ3n) is 5.62. The Bertz CT molecular complexity index is 1230. The number of ether oxygens (including phenoxy) is 2. The summed E-state index contributed by atoms with van der Waals surface area (Å²) in [5.74, 6) is -21.7. The molecule has 0 radical (unpaired) electrons. The van der Waals surface area contributed by atoms with Crippen LogP contribution in [0.15, 0.2) is 84.9 Å². The fourth-order valence-electron chi connectivity index (χ4n) is 3.88. The Balaban J connectivity index is 1.62. The minimum atomic E-state index is -5.50. The van der Waals surface area contributed by atoms with E-state index in [4.69, 9.17) is 9.47 Å². The van der Waals surface area contributed by atoms with Gasteiger partial charge in [0.2, 0.25) is 0 Å². The summed E-state index contributed by atoms with van der Waals surface area (Å²) in [7, 11) is 0. The van der Waals surface area contributed by atoms with Gasteiger partial charge in [-0.25, -0.2) is 0 Å². The minimum Gasteiger partial charge on any atom is -0.446 e. The first kappa shape index (κ1) is 20.5. The molecule has 8 heteroatoms. The number of hydrogen-bond donors (Lipinski definition) is 0. The normalized spacial score (nSPS) is 25.9. The summed E-state index contributed by atoms with van der Waals surface area (Å²) in [6.45, 7) is 0. The molecular weight excluding hydrogens is 434 g/mol. The maximum atomic E-state index is 15.6. The predicted molar refractivity (Wildman–Crippen MR) is 107 cm³/mol. The van der Waals surface area contributed by atoms with Crippen LogP contribution in [0.1, 0.15) is 0 Å². The van der Waals surface area contributed by atoms with E-state index in [1.54, 1.807) is 36.4 Å². The van der Waals surface area contributed by atoms with Crippen LogP contribution in [0.25, 0.3) is 21.5 Å². The standard InChI is InChI=1S/C24H14F6O2/c25-21(26)22(27,28)24(30,32-20-14-6-10-16-8-2-4-12-18(16)20)23(21,29)31-19-13-5-9-15-7-1-3-11-17(15)19/h1-14H. The van der Waals surface area contributed by atoms with Crippen molar-refractivity contribution in [3.63, 3.8) is 0 Å². The molecule has 0 N–H and O–H groups in total. The molecule has 4 aromatic carbocycles. The number of fused-ring (bicyclic) bond motifs is 2. The minimum absolute atomic E-state index is 0.144. The highest BCUT2D eigenvalue weighted by Crippen LogP contribution is 2.68. The highest BCUT2D eigenvalue weighted by Gasteiger charge is 3.03. The van der Waals surface area contributed by atoms with Crippen molar-refractivity contribution < 1.29 is 35.8 Å². The van der Waals surface area contributed by atoms with Crippen molar-refractivity contribution in [2.24, 2.45) is 0 Å². The van der Waals surface area contributed by atoms with Crippen LogP contribution in [0.5, 0.6) is 11.5 Å². The second kappa shape index (κ2) is 6.54. The molecule has 2 unspecified atom stereocenters. The summed E-state index contributed by atoms with van der Waals surface area (Å²) in [5, 5.41) is 1.21. The molecule has 2 nitrogen and oxygen atoms in total. The molecule has 5 rings (SSSR count). The van der Waals surface area contributed by atoms with Gasteiger partial charge in [-0.2, -0.15) is 26.3 Å². The van der Waals surface area contributed by atoms with Gasteiger partial charge in [-0.1, -0.05) is 72.8 Å². The Morgan fingerprint density at radius 1 is 0.438 bits per heavy atom. The molecule has 0 spiro atoms. The fourth-order valence-corrected chi connectivity index (χ4v) is 3.88. The van der Waals surface area contributed by atoms with Gasteiger partial charge in [-0.15, -0.1) is 0 Å². The maximum absolute atomic E-state index is 15.6. The van der Waals surface area contributed by atoms with E-state index in [1.807, 2.05) is 0 Å². The van der Waals surface area contributed by atoms with Crippen molar-refractivity contribution in [1.29, 1.82) is 0 Å². The van der Waals surface area contributed by atoms with E-state index < -0.39 is 35.1 Å². The van der Waals surface area contributed by atoms with Crippen molar-refractivity contribution >= 4 is 21.5 Å². The summed E-state index contributed by atoms with van der Waals surface area (Å²) in [6.07, 6.45) is 0. The first-order chi connectivity index (χ1) is 15.1. The summed E-state index contributed by atoms with van der Waals surface area (Å²) in [4.78, 5) is 0. The van der Waals surface area contributed by atoms with Gasteiger partial charge in [0.05, 0.1) is 0 Å². The number of halogens is 6. The van der Waals surface area contributed by atoms with Crippen molar-refractivity contribution in [3.05, 3.63) is 84.9 Å². The molecule has 2 atom stereocenters. The Kier molecular flexibility index (Phi) is 4.19. The molecule has 4 aromatic rings. The van der Waals surface area contributed by atoms with Crippen LogP contribution in [-0.4, -0.2) is 23.6 Å². The second-order valence-electron chi connectivity index (χ2n) is 7.50. The van der Waals surface area contributed by atoms with Crippen molar-refractivity contribution in [1.82, 2.24) is 0 Å². The molecule has 32 heavy (non-hydrogen) atoms. The Hall–Kier alpha value is -3.42. The van der Waals surface area contributed by atoms with Gasteiger partial charge in [-0.05, 0) is 22.9 Å². The molecular formula is C24H14F6O2. The molecule has 0 aliphatic heterocycles. The topological polar surface area (TPSA) is 18.5 Å². The van der Waals surface area contributed by atoms with Crippen molar-refractivity contribution in [2.75, 3.05) is 0 Å². The van der Waals surface area contributed by atoms with Crippen LogP contribution < -0.4 is 9.47 Å². The number of hydrogen-bond acceptors (Lipinski definition) is 2. The summed E-state index contributed by atoms with van der Waals surface area (Å²) < 4.78 is 98.1. The van der Waals surface area contributed by atoms with E-state index in [0.717, 1.165) is 12.1 Å². The van der Waals surface area contributed by atoms with E-state index in [-0.39, 0.29) is 10.8 Å². The average molecular weight is 448 g/mol. The molecule has 164 valence electrons. The molecule has 1 aliphatic carbocycles. The summed E-state index contributed by atoms with van der Waals surface area (Å²) >= 11 is 0. The summed E-state index contributed by atoms with van der Waals surface area (Å²) in [5.41, 5.74) is 0. The lowest BCUT2D eigenvalue weighted by Crippen LogP contribution is -2.89. The first-order valence-corrected chi connectivity index (χ1v) is 9.59. The predicted octanol–water partition coefficient (Wildman–Crippen LogP) is 7.07. The van der Waals surface area contributed by atoms with Gasteiger partial charge < -0.3 is 9.47 Å². The van der Waals surface area contributed by atoms with Crippen molar-refractivity contribution in [3.8, 4) is 11.5 Å². The Morgan fingerprint density at radius 3 is 1.19 bits per heavy atom. The SMILES string of the molecule is FC1(F)C(F)(F)C(F)(Oc2cccc3ccccc23)C1(F)Oc1cccc2ccccc12. The van der Waals surface area contributed by atoms with Gasteiger partial charge in [0.1, 0.15) is 11.5 Å². The molecule has 0 bridgehead atoms. The summed E-state index contributed by atoms with van der Waals surface area (Å²) in [6, 6.07) is 20.3. The smallest absolute Gasteiger partial charge is 0.395 e. The fraction of sp³-hybridized carbons (Fsp3) is 0.167. The molecule has 1 fully saturated rings. The zero-order chi connectivity index (χ0) is 22.8. The molecule has 1 saturated carbocycles. The van der Waals surface area contributed by atoms with Gasteiger partial charge in [0.15, 0.2) is 0 Å². The van der Waals surface area contributed by atoms with Crippen LogP contribution in [0.3, 0.4) is 0 Å². The lowest BCUT2D eigenvalue weighted by molar-refractivity contribution is -0.527. The molecule has 1 aliphatic rings. The van der Waals surface area contributed by atoms with E-state index >= 15 is 8.78 Å². The van der Waals surface area contributed by atoms with E-state index in [9.17, 15) is 17.6 Å². The number of alkyl halides is 6. The number of rotatable bonds is 4. The molecule has 0 saturated heterocycles. The van der Waals surface area contributed by atoms with E-state index in [1.165, 1.54) is 36.4 Å². The molecule has 0 amide bonds. The lowest BCUT2D eigenvalue weighted by atomic mass is 9.76. The average Bonchev–Trinajstić information content (AvgIpc) is 2.78. The Morgan fingerprint density at radius 2 is 0.781 bits per heavy atom. The third-order valence-corrected chi connectivity index (χ3v) is 5.62. The Labute approximate surface area is 178 Å². The van der Waals surface area contributed by atoms with Gasteiger partial charge >= 0.3 is 23.6 Å². The van der Waals surface area contributed by atoms with Crippen LogP contribution in [0.4, 0.5) is 26.3 Å². The van der Waals surface area contributed by atoms with Crippen LogP contribution in [-0.2, 0) is 0 Å². The van der Waals surface area contributed by atoms with Crippen LogP contribution in [0.2, 0.25) is 0 Å². The van der Waals surface area contributed by atoms with Gasteiger partial charge in [0, 0.05) is 10.8 Å². The zero-order valence-electron chi connectivity index (χ0n) is 16.2. The maximum Gasteiger partial charge on any atom is 0.395 e.